The molecule has 11 nitrogen and oxygen atoms in total. The summed E-state index contributed by atoms with van der Waals surface area (Å²) >= 11 is 6.14. The van der Waals surface area contributed by atoms with E-state index in [4.69, 9.17) is 22.1 Å². The molecule has 1 saturated heterocycles. The van der Waals surface area contributed by atoms with Gasteiger partial charge in [-0.05, 0) is 25.0 Å². The Morgan fingerprint density at radius 2 is 2.07 bits per heavy atom. The van der Waals surface area contributed by atoms with Gasteiger partial charge in [0.2, 0.25) is 0 Å². The van der Waals surface area contributed by atoms with Crippen molar-refractivity contribution in [2.45, 2.75) is 44.5 Å². The van der Waals surface area contributed by atoms with Gasteiger partial charge in [-0.2, -0.15) is 18.3 Å². The summed E-state index contributed by atoms with van der Waals surface area (Å²) in [5.74, 6) is -0.0574. The molecule has 0 bridgehead atoms. The Labute approximate surface area is 251 Å². The van der Waals surface area contributed by atoms with E-state index in [0.717, 1.165) is 12.4 Å². The third-order valence-electron chi connectivity index (χ3n) is 7.57. The summed E-state index contributed by atoms with van der Waals surface area (Å²) in [6.07, 6.45) is -2.25. The fourth-order valence-corrected chi connectivity index (χ4v) is 5.64. The van der Waals surface area contributed by atoms with Crippen LogP contribution in [0.15, 0.2) is 36.9 Å². The fraction of sp³-hybridized carbons (Fsp3) is 0.370. The van der Waals surface area contributed by atoms with Gasteiger partial charge >= 0.3 is 6.18 Å². The van der Waals surface area contributed by atoms with Gasteiger partial charge in [0.25, 0.3) is 18.8 Å². The van der Waals surface area contributed by atoms with Crippen LogP contribution in [-0.4, -0.2) is 72.4 Å². The second-order valence-electron chi connectivity index (χ2n) is 10.0. The maximum atomic E-state index is 13.8. The zero-order valence-electron chi connectivity index (χ0n) is 23.1. The lowest BCUT2D eigenvalue weighted by atomic mass is 9.85. The molecule has 1 aliphatic rings. The molecule has 4 heterocycles. The molecule has 17 heteroatoms. The van der Waals surface area contributed by atoms with Crippen LogP contribution in [0.4, 0.5) is 33.5 Å². The molecule has 1 aromatic carbocycles. The van der Waals surface area contributed by atoms with Crippen molar-refractivity contribution in [3.05, 3.63) is 53.7 Å². The maximum Gasteiger partial charge on any atom is 0.435 e. The molecular formula is C27H26ClF5N8O3. The molecule has 44 heavy (non-hydrogen) atoms. The van der Waals surface area contributed by atoms with Crippen molar-refractivity contribution in [2.75, 3.05) is 24.3 Å². The zero-order chi connectivity index (χ0) is 31.8. The van der Waals surface area contributed by atoms with E-state index >= 15 is 0 Å². The minimum atomic E-state index is -4.93. The van der Waals surface area contributed by atoms with Crippen molar-refractivity contribution in [1.82, 2.24) is 29.0 Å². The number of nitrogens with one attached hydrogen (secondary N) is 1. The van der Waals surface area contributed by atoms with Gasteiger partial charge in [0.1, 0.15) is 6.54 Å². The number of hydrogen-bond acceptors (Lipinski definition) is 8. The van der Waals surface area contributed by atoms with Gasteiger partial charge in [0.15, 0.2) is 22.9 Å². The quantitative estimate of drug-likeness (QED) is 0.139. The summed E-state index contributed by atoms with van der Waals surface area (Å²) in [6, 6.07) is 3.06. The lowest BCUT2D eigenvalue weighted by molar-refractivity contribution is -0.141. The highest BCUT2D eigenvalue weighted by molar-refractivity contribution is 6.19. The molecule has 234 valence electrons. The SMILES string of the molecule is CCc1c(C(=O)N2CCC2(CN)CCl)ccc(Nc2nccn3c(-c4cn(CC(F)F)nc4C(F)(F)F)cnc23)c1OC=O. The van der Waals surface area contributed by atoms with E-state index < -0.39 is 35.9 Å². The van der Waals surface area contributed by atoms with Crippen LogP contribution in [0.5, 0.6) is 5.75 Å². The number of benzene rings is 1. The largest absolute Gasteiger partial charge is 0.435 e. The second-order valence-corrected chi connectivity index (χ2v) is 10.3. The highest BCUT2D eigenvalue weighted by atomic mass is 35.5. The number of carbonyl (C=O) groups excluding carboxylic acids is 2. The first-order valence-electron chi connectivity index (χ1n) is 13.3. The van der Waals surface area contributed by atoms with Crippen LogP contribution in [0.3, 0.4) is 0 Å². The number of rotatable bonds is 11. The molecule has 1 amide bonds. The predicted molar refractivity (Wildman–Crippen MR) is 149 cm³/mol. The Balaban J connectivity index is 1.55. The highest BCUT2D eigenvalue weighted by Gasteiger charge is 2.46. The van der Waals surface area contributed by atoms with E-state index in [9.17, 15) is 31.5 Å². The van der Waals surface area contributed by atoms with Gasteiger partial charge < -0.3 is 20.7 Å². The maximum absolute atomic E-state index is 13.8. The molecule has 3 aromatic heterocycles. The number of amides is 1. The van der Waals surface area contributed by atoms with Crippen LogP contribution < -0.4 is 15.8 Å². The lowest BCUT2D eigenvalue weighted by Gasteiger charge is -2.51. The highest BCUT2D eigenvalue weighted by Crippen LogP contribution is 2.40. The van der Waals surface area contributed by atoms with E-state index in [1.54, 1.807) is 17.9 Å². The summed E-state index contributed by atoms with van der Waals surface area (Å²) in [4.78, 5) is 35.1. The van der Waals surface area contributed by atoms with E-state index in [1.807, 2.05) is 0 Å². The number of anilines is 2. The summed E-state index contributed by atoms with van der Waals surface area (Å²) in [5, 5.41) is 6.33. The van der Waals surface area contributed by atoms with Crippen molar-refractivity contribution in [3.63, 3.8) is 0 Å². The molecule has 0 radical (unpaired) electrons. The number of hydrogen-bond donors (Lipinski definition) is 2. The lowest BCUT2D eigenvalue weighted by Crippen LogP contribution is -2.67. The molecule has 0 saturated carbocycles. The van der Waals surface area contributed by atoms with E-state index in [0.29, 0.717) is 23.2 Å². The molecule has 0 aliphatic carbocycles. The van der Waals surface area contributed by atoms with Gasteiger partial charge in [0, 0.05) is 48.7 Å². The van der Waals surface area contributed by atoms with Gasteiger partial charge in [0.05, 0.1) is 28.7 Å². The van der Waals surface area contributed by atoms with Crippen molar-refractivity contribution in [3.8, 4) is 17.0 Å². The first-order valence-corrected chi connectivity index (χ1v) is 13.9. The van der Waals surface area contributed by atoms with E-state index in [1.165, 1.54) is 22.9 Å². The molecule has 1 atom stereocenters. The Morgan fingerprint density at radius 3 is 2.66 bits per heavy atom. The Kier molecular flexibility index (Phi) is 8.49. The minimum Gasteiger partial charge on any atom is -0.426 e. The van der Waals surface area contributed by atoms with Crippen LogP contribution in [0.25, 0.3) is 16.9 Å². The van der Waals surface area contributed by atoms with Crippen LogP contribution in [0, 0.1) is 0 Å². The normalized spacial score (nSPS) is 16.8. The number of nitrogens with two attached hydrogens (primary N) is 1. The summed E-state index contributed by atoms with van der Waals surface area (Å²) < 4.78 is 74.3. The molecule has 1 fully saturated rings. The van der Waals surface area contributed by atoms with Crippen LogP contribution >= 0.6 is 11.6 Å². The van der Waals surface area contributed by atoms with Crippen molar-refractivity contribution in [2.24, 2.45) is 5.73 Å². The molecule has 4 aromatic rings. The number of fused-ring (bicyclic) bond motifs is 1. The van der Waals surface area contributed by atoms with Crippen molar-refractivity contribution < 1.29 is 36.3 Å². The van der Waals surface area contributed by atoms with Gasteiger partial charge in [-0.3, -0.25) is 18.7 Å². The first-order chi connectivity index (χ1) is 21.0. The number of carbonyl (C=O) groups is 2. The summed E-state index contributed by atoms with van der Waals surface area (Å²) in [5.41, 5.74) is 4.35. The van der Waals surface area contributed by atoms with Crippen molar-refractivity contribution in [1.29, 1.82) is 0 Å². The van der Waals surface area contributed by atoms with Gasteiger partial charge in [-0.25, -0.2) is 18.7 Å². The Morgan fingerprint density at radius 1 is 1.30 bits per heavy atom. The second kappa shape index (κ2) is 12.0. The average Bonchev–Trinajstić information content (AvgIpc) is 3.58. The predicted octanol–water partition coefficient (Wildman–Crippen LogP) is 4.50. The number of halogens is 6. The Bertz CT molecular complexity index is 1700. The standard InChI is InChI=1S/C27H26ClF5N8O3/c1-2-15-16(25(43)41-7-5-26(41,12-28)13-34)3-4-18(21(15)44-14-42)37-23-24-36-9-19(40(24)8-6-35-23)17-10-39(11-20(29)30)38-22(17)27(31,32)33/h3-4,6,8-10,14,20H,2,5,7,11-13,34H2,1H3,(H,35,37). The number of likely N-dealkylation sites (tertiary alicyclic amines) is 1. The number of ether oxygens (including phenoxy) is 1. The third-order valence-corrected chi connectivity index (χ3v) is 8.07. The summed E-state index contributed by atoms with van der Waals surface area (Å²) in [7, 11) is 0. The van der Waals surface area contributed by atoms with Crippen molar-refractivity contribution >= 4 is 41.1 Å². The fourth-order valence-electron chi connectivity index (χ4n) is 5.26. The van der Waals surface area contributed by atoms with Gasteiger partial charge in [-0.15, -0.1) is 11.6 Å². The van der Waals surface area contributed by atoms with Gasteiger partial charge in [-0.1, -0.05) is 6.92 Å². The Hall–Kier alpha value is -4.31. The topological polar surface area (TPSA) is 133 Å². The minimum absolute atomic E-state index is 0.0429. The average molecular weight is 641 g/mol. The molecule has 1 unspecified atom stereocenters. The third kappa shape index (κ3) is 5.43. The summed E-state index contributed by atoms with van der Waals surface area (Å²) in [6.45, 7) is 1.59. The monoisotopic (exact) mass is 640 g/mol. The molecule has 1 aliphatic heterocycles. The molecule has 5 rings (SSSR count). The van der Waals surface area contributed by atoms with Crippen LogP contribution in [0.2, 0.25) is 0 Å². The number of nitrogens with zero attached hydrogens (tertiary/aromatic N) is 6. The zero-order valence-corrected chi connectivity index (χ0v) is 23.9. The molecule has 3 N–H and O–H groups in total. The number of imidazole rings is 1. The number of alkyl halides is 6. The number of aromatic nitrogens is 5. The smallest absolute Gasteiger partial charge is 0.426 e. The molecular weight excluding hydrogens is 615 g/mol. The van der Waals surface area contributed by atoms with E-state index in [2.05, 4.69) is 20.4 Å². The first kappa shape index (κ1) is 31.1. The van der Waals surface area contributed by atoms with Crippen LogP contribution in [-0.2, 0) is 23.9 Å². The van der Waals surface area contributed by atoms with Crippen LogP contribution in [0.1, 0.15) is 35.0 Å². The van der Waals surface area contributed by atoms with E-state index in [-0.39, 0.29) is 65.4 Å². The molecule has 0 spiro atoms.